The zero-order valence-corrected chi connectivity index (χ0v) is 13.7. The second-order valence-electron chi connectivity index (χ2n) is 4.79. The Morgan fingerprint density at radius 2 is 2.10 bits per heavy atom. The first-order valence-electron chi connectivity index (χ1n) is 6.67. The van der Waals surface area contributed by atoms with Crippen LogP contribution in [0.2, 0.25) is 5.02 Å². The van der Waals surface area contributed by atoms with Crippen LogP contribution in [0.15, 0.2) is 18.2 Å². The van der Waals surface area contributed by atoms with Gasteiger partial charge in [-0.1, -0.05) is 18.5 Å². The zero-order valence-electron chi connectivity index (χ0n) is 12.1. The molecule has 0 aliphatic rings. The predicted octanol–water partition coefficient (Wildman–Crippen LogP) is 2.82. The average Bonchev–Trinajstić information content (AvgIpc) is 2.35. The van der Waals surface area contributed by atoms with Crippen molar-refractivity contribution in [3.63, 3.8) is 0 Å². The standard InChI is InChI=1S/C14H22ClNO3S/c1-4-16-11(2)13-10-12(15)6-7-14(13)19-8-5-9-20(3,17)18/h6-7,10-11,16H,4-5,8-9H2,1-3H3. The Morgan fingerprint density at radius 3 is 2.70 bits per heavy atom. The Morgan fingerprint density at radius 1 is 1.40 bits per heavy atom. The van der Waals surface area contributed by atoms with Crippen LogP contribution in [0, 0.1) is 0 Å². The molecule has 0 aromatic heterocycles. The van der Waals surface area contributed by atoms with Crippen molar-refractivity contribution in [2.24, 2.45) is 0 Å². The van der Waals surface area contributed by atoms with E-state index in [1.165, 1.54) is 6.26 Å². The number of ether oxygens (including phenoxy) is 1. The summed E-state index contributed by atoms with van der Waals surface area (Å²) in [5.41, 5.74) is 0.985. The van der Waals surface area contributed by atoms with Gasteiger partial charge < -0.3 is 10.1 Å². The molecule has 0 bridgehead atoms. The molecule has 4 nitrogen and oxygen atoms in total. The van der Waals surface area contributed by atoms with Crippen molar-refractivity contribution >= 4 is 21.4 Å². The molecule has 0 amide bonds. The van der Waals surface area contributed by atoms with E-state index in [2.05, 4.69) is 5.32 Å². The van der Waals surface area contributed by atoms with Gasteiger partial charge >= 0.3 is 0 Å². The Balaban J connectivity index is 2.69. The van der Waals surface area contributed by atoms with Gasteiger partial charge in [0.25, 0.3) is 0 Å². The first-order chi connectivity index (χ1) is 9.33. The van der Waals surface area contributed by atoms with Gasteiger partial charge in [0.05, 0.1) is 12.4 Å². The Kier molecular flexibility index (Phi) is 6.79. The largest absolute Gasteiger partial charge is 0.493 e. The van der Waals surface area contributed by atoms with Crippen molar-refractivity contribution in [3.8, 4) is 5.75 Å². The molecule has 0 aliphatic heterocycles. The molecular formula is C14H22ClNO3S. The van der Waals surface area contributed by atoms with Crippen molar-refractivity contribution in [3.05, 3.63) is 28.8 Å². The second-order valence-corrected chi connectivity index (χ2v) is 7.49. The summed E-state index contributed by atoms with van der Waals surface area (Å²) in [6.07, 6.45) is 1.71. The van der Waals surface area contributed by atoms with Crippen molar-refractivity contribution < 1.29 is 13.2 Å². The highest BCUT2D eigenvalue weighted by Gasteiger charge is 2.12. The van der Waals surface area contributed by atoms with Crippen LogP contribution in [0.25, 0.3) is 0 Å². The predicted molar refractivity (Wildman–Crippen MR) is 83.4 cm³/mol. The van der Waals surface area contributed by atoms with Crippen LogP contribution in [-0.4, -0.2) is 33.6 Å². The van der Waals surface area contributed by atoms with Crippen LogP contribution in [0.5, 0.6) is 5.75 Å². The summed E-state index contributed by atoms with van der Waals surface area (Å²) in [7, 11) is -2.93. The third-order valence-electron chi connectivity index (χ3n) is 2.87. The molecule has 6 heteroatoms. The lowest BCUT2D eigenvalue weighted by Gasteiger charge is -2.18. The van der Waals surface area contributed by atoms with E-state index in [1.807, 2.05) is 26.0 Å². The van der Waals surface area contributed by atoms with Crippen molar-refractivity contribution in [1.82, 2.24) is 5.32 Å². The maximum Gasteiger partial charge on any atom is 0.147 e. The minimum atomic E-state index is -2.93. The molecule has 1 rings (SSSR count). The number of rotatable bonds is 8. The number of halogens is 1. The average molecular weight is 320 g/mol. The number of hydrogen-bond donors (Lipinski definition) is 1. The summed E-state index contributed by atoms with van der Waals surface area (Å²) in [5.74, 6) is 0.884. The molecule has 0 saturated carbocycles. The van der Waals surface area contributed by atoms with Gasteiger partial charge in [0, 0.05) is 22.9 Å². The van der Waals surface area contributed by atoms with Crippen molar-refractivity contribution in [2.75, 3.05) is 25.2 Å². The van der Waals surface area contributed by atoms with Gasteiger partial charge in [-0.15, -0.1) is 0 Å². The third-order valence-corrected chi connectivity index (χ3v) is 4.13. The van der Waals surface area contributed by atoms with Crippen LogP contribution in [0.1, 0.15) is 31.9 Å². The van der Waals surface area contributed by atoms with E-state index in [0.29, 0.717) is 18.1 Å². The van der Waals surface area contributed by atoms with Crippen LogP contribution in [-0.2, 0) is 9.84 Å². The maximum atomic E-state index is 11.1. The number of sulfone groups is 1. The molecule has 0 spiro atoms. The highest BCUT2D eigenvalue weighted by atomic mass is 35.5. The molecule has 0 radical (unpaired) electrons. The van der Waals surface area contributed by atoms with Gasteiger partial charge in [-0.2, -0.15) is 0 Å². The van der Waals surface area contributed by atoms with Gasteiger partial charge in [-0.3, -0.25) is 0 Å². The van der Waals surface area contributed by atoms with Gasteiger partial charge in [0.15, 0.2) is 0 Å². The second kappa shape index (κ2) is 7.86. The van der Waals surface area contributed by atoms with E-state index >= 15 is 0 Å². The summed E-state index contributed by atoms with van der Waals surface area (Å²) in [6, 6.07) is 5.60. The molecule has 1 unspecified atom stereocenters. The van der Waals surface area contributed by atoms with E-state index < -0.39 is 9.84 Å². The summed E-state index contributed by atoms with van der Waals surface area (Å²) < 4.78 is 27.8. The van der Waals surface area contributed by atoms with Gasteiger partial charge in [0.2, 0.25) is 0 Å². The quantitative estimate of drug-likeness (QED) is 0.749. The number of benzene rings is 1. The number of hydrogen-bond acceptors (Lipinski definition) is 4. The molecule has 1 atom stereocenters. The molecule has 0 heterocycles. The SMILES string of the molecule is CCNC(C)c1cc(Cl)ccc1OCCCS(C)(=O)=O. The smallest absolute Gasteiger partial charge is 0.147 e. The third kappa shape index (κ3) is 6.11. The topological polar surface area (TPSA) is 55.4 Å². The molecule has 114 valence electrons. The van der Waals surface area contributed by atoms with E-state index in [1.54, 1.807) is 6.07 Å². The molecule has 0 fully saturated rings. The lowest BCUT2D eigenvalue weighted by molar-refractivity contribution is 0.311. The van der Waals surface area contributed by atoms with Gasteiger partial charge in [-0.25, -0.2) is 8.42 Å². The molecular weight excluding hydrogens is 298 g/mol. The first-order valence-corrected chi connectivity index (χ1v) is 9.10. The lowest BCUT2D eigenvalue weighted by Crippen LogP contribution is -2.19. The van der Waals surface area contributed by atoms with Crippen LogP contribution in [0.3, 0.4) is 0 Å². The Hall–Kier alpha value is -0.780. The summed E-state index contributed by atoms with van der Waals surface area (Å²) in [5, 5.41) is 3.97. The van der Waals surface area contributed by atoms with Crippen LogP contribution >= 0.6 is 11.6 Å². The fraction of sp³-hybridized carbons (Fsp3) is 0.571. The van der Waals surface area contributed by atoms with E-state index in [9.17, 15) is 8.42 Å². The van der Waals surface area contributed by atoms with Gasteiger partial charge in [-0.05, 0) is 38.1 Å². The molecule has 0 aliphatic carbocycles. The van der Waals surface area contributed by atoms with E-state index in [0.717, 1.165) is 17.9 Å². The molecule has 1 aromatic rings. The molecule has 0 saturated heterocycles. The highest BCUT2D eigenvalue weighted by Crippen LogP contribution is 2.28. The summed E-state index contributed by atoms with van der Waals surface area (Å²) >= 11 is 6.02. The van der Waals surface area contributed by atoms with Gasteiger partial charge in [0.1, 0.15) is 15.6 Å². The zero-order chi connectivity index (χ0) is 15.2. The summed E-state index contributed by atoms with van der Waals surface area (Å²) in [4.78, 5) is 0. The summed E-state index contributed by atoms with van der Waals surface area (Å²) in [6.45, 7) is 5.30. The molecule has 1 aromatic carbocycles. The highest BCUT2D eigenvalue weighted by molar-refractivity contribution is 7.90. The number of nitrogens with one attached hydrogen (secondary N) is 1. The Labute approximate surface area is 126 Å². The lowest BCUT2D eigenvalue weighted by atomic mass is 10.1. The van der Waals surface area contributed by atoms with Crippen molar-refractivity contribution in [1.29, 1.82) is 0 Å². The molecule has 1 N–H and O–H groups in total. The Bertz CT molecular complexity index is 531. The normalized spacial score (nSPS) is 13.2. The fourth-order valence-electron chi connectivity index (χ4n) is 1.91. The minimum absolute atomic E-state index is 0.128. The first kappa shape index (κ1) is 17.3. The monoisotopic (exact) mass is 319 g/mol. The van der Waals surface area contributed by atoms with E-state index in [-0.39, 0.29) is 11.8 Å². The fourth-order valence-corrected chi connectivity index (χ4v) is 2.73. The van der Waals surface area contributed by atoms with Crippen molar-refractivity contribution in [2.45, 2.75) is 26.3 Å². The van der Waals surface area contributed by atoms with Crippen LogP contribution in [0.4, 0.5) is 0 Å². The maximum absolute atomic E-state index is 11.1. The van der Waals surface area contributed by atoms with Crippen LogP contribution < -0.4 is 10.1 Å². The van der Waals surface area contributed by atoms with E-state index in [4.69, 9.17) is 16.3 Å². The molecule has 20 heavy (non-hydrogen) atoms. The minimum Gasteiger partial charge on any atom is -0.493 e.